The van der Waals surface area contributed by atoms with Crippen LogP contribution in [0.3, 0.4) is 0 Å². The monoisotopic (exact) mass is 816 g/mol. The number of nitriles is 4. The molecule has 49 heavy (non-hydrogen) atoms. The second kappa shape index (κ2) is 25.0. The van der Waals surface area contributed by atoms with Crippen LogP contribution in [0.1, 0.15) is 22.3 Å². The number of hydrogen-bond acceptors (Lipinski definition) is 10. The van der Waals surface area contributed by atoms with Gasteiger partial charge in [-0.2, -0.15) is 47.4 Å². The summed E-state index contributed by atoms with van der Waals surface area (Å²) in [5.74, 6) is 0. The van der Waals surface area contributed by atoms with E-state index in [9.17, 15) is 26.3 Å². The smallest absolute Gasteiger partial charge is 0.741 e. The molecule has 10 nitrogen and oxygen atoms in total. The molecule has 0 heterocycles. The molecule has 0 unspecified atom stereocenters. The molecule has 0 aliphatic rings. The molecule has 260 valence electrons. The fourth-order valence-corrected chi connectivity index (χ4v) is 2.05. The van der Waals surface area contributed by atoms with Crippen LogP contribution in [0.15, 0.2) is 121 Å². The SMILES string of the molecule is N#Cc1ccccc1.N#Cc1ccccc1.N#Cc1ccccc1.N#Cc1ccccc1.O=S(=O)([O-])C(F)(F)F.O=S(=O)([O-])C(F)(F)F.[Pd+2]. The maximum Gasteiger partial charge on any atom is 2.00 e. The third-order valence-electron chi connectivity index (χ3n) is 4.18. The van der Waals surface area contributed by atoms with Gasteiger partial charge in [0.25, 0.3) is 0 Å². The van der Waals surface area contributed by atoms with E-state index in [1.165, 1.54) is 0 Å². The molecule has 4 rings (SSSR count). The van der Waals surface area contributed by atoms with Gasteiger partial charge in [0.15, 0.2) is 20.2 Å². The van der Waals surface area contributed by atoms with Gasteiger partial charge >= 0.3 is 31.4 Å². The second-order valence-corrected chi connectivity index (χ2v) is 10.5. The average Bonchev–Trinajstić information content (AvgIpc) is 3.06. The number of halogens is 6. The van der Waals surface area contributed by atoms with E-state index in [1.54, 1.807) is 48.5 Å². The molecule has 0 bridgehead atoms. The third-order valence-corrected chi connectivity index (χ3v) is 5.31. The Hall–Kier alpha value is -5.10. The van der Waals surface area contributed by atoms with Crippen LogP contribution in [-0.4, -0.2) is 37.0 Å². The van der Waals surface area contributed by atoms with E-state index >= 15 is 0 Å². The molecule has 19 heteroatoms. The van der Waals surface area contributed by atoms with Gasteiger partial charge in [0.1, 0.15) is 0 Å². The Morgan fingerprint density at radius 3 is 0.592 bits per heavy atom. The van der Waals surface area contributed by atoms with E-state index in [1.807, 2.05) is 97.1 Å². The summed E-state index contributed by atoms with van der Waals surface area (Å²) in [5, 5.41) is 33.2. The van der Waals surface area contributed by atoms with Gasteiger partial charge in [-0.15, -0.1) is 0 Å². The van der Waals surface area contributed by atoms with Crippen LogP contribution in [0.4, 0.5) is 26.3 Å². The van der Waals surface area contributed by atoms with Gasteiger partial charge in [-0.05, 0) is 48.5 Å². The van der Waals surface area contributed by atoms with Gasteiger partial charge in [-0.1, -0.05) is 72.8 Å². The number of benzene rings is 4. The maximum absolute atomic E-state index is 10.7. The summed E-state index contributed by atoms with van der Waals surface area (Å²) >= 11 is 0. The van der Waals surface area contributed by atoms with E-state index in [2.05, 4.69) is 0 Å². The van der Waals surface area contributed by atoms with Crippen molar-refractivity contribution in [1.82, 2.24) is 0 Å². The topological polar surface area (TPSA) is 210 Å². The Balaban J connectivity index is -0.000000516. The summed E-state index contributed by atoms with van der Waals surface area (Å²) in [6.45, 7) is 0. The van der Waals surface area contributed by atoms with Crippen molar-refractivity contribution < 1.29 is 72.7 Å². The molecule has 0 atom stereocenters. The van der Waals surface area contributed by atoms with Crippen LogP contribution >= 0.6 is 0 Å². The summed E-state index contributed by atoms with van der Waals surface area (Å²) in [4.78, 5) is 0. The van der Waals surface area contributed by atoms with E-state index in [0.717, 1.165) is 0 Å². The zero-order valence-electron chi connectivity index (χ0n) is 24.2. The summed E-state index contributed by atoms with van der Waals surface area (Å²) in [6.07, 6.45) is 0. The first-order valence-electron chi connectivity index (χ1n) is 12.1. The molecule has 0 fully saturated rings. The van der Waals surface area contributed by atoms with E-state index in [0.29, 0.717) is 22.3 Å². The van der Waals surface area contributed by atoms with Crippen LogP contribution in [0, 0.1) is 45.3 Å². The normalized spacial score (nSPS) is 9.71. The molecular formula is C30H20F6N4O6PdS2. The van der Waals surface area contributed by atoms with Gasteiger partial charge in [-0.3, -0.25) is 0 Å². The molecule has 4 aromatic carbocycles. The van der Waals surface area contributed by atoms with E-state index in [4.69, 9.17) is 47.0 Å². The Morgan fingerprint density at radius 1 is 0.408 bits per heavy atom. The zero-order valence-corrected chi connectivity index (χ0v) is 27.4. The predicted octanol–water partition coefficient (Wildman–Crippen LogP) is 6.33. The summed E-state index contributed by atoms with van der Waals surface area (Å²) < 4.78 is 118. The average molecular weight is 817 g/mol. The van der Waals surface area contributed by atoms with Gasteiger partial charge in [0.05, 0.1) is 46.5 Å². The molecule has 0 spiro atoms. The van der Waals surface area contributed by atoms with Crippen molar-refractivity contribution in [2.75, 3.05) is 0 Å². The fourth-order valence-electron chi connectivity index (χ4n) is 2.05. The van der Waals surface area contributed by atoms with Crippen molar-refractivity contribution in [2.24, 2.45) is 0 Å². The Kier molecular flexibility index (Phi) is 24.6. The van der Waals surface area contributed by atoms with Gasteiger partial charge in [0, 0.05) is 0 Å². The molecule has 0 saturated heterocycles. The van der Waals surface area contributed by atoms with Crippen molar-refractivity contribution in [1.29, 1.82) is 21.0 Å². The molecular weight excluding hydrogens is 797 g/mol. The summed E-state index contributed by atoms with van der Waals surface area (Å²) in [5.41, 5.74) is -8.43. The minimum atomic E-state index is -6.09. The Labute approximate surface area is 291 Å². The fraction of sp³-hybridized carbons (Fsp3) is 0.0667. The number of hydrogen-bond donors (Lipinski definition) is 0. The van der Waals surface area contributed by atoms with Crippen molar-refractivity contribution in [3.05, 3.63) is 144 Å². The minimum absolute atomic E-state index is 0. The molecule has 0 aliphatic heterocycles. The zero-order chi connectivity index (χ0) is 37.3. The summed E-state index contributed by atoms with van der Waals surface area (Å²) in [7, 11) is -12.2. The Morgan fingerprint density at radius 2 is 0.531 bits per heavy atom. The molecule has 0 amide bonds. The van der Waals surface area contributed by atoms with Crippen LogP contribution in [0.5, 0.6) is 0 Å². The van der Waals surface area contributed by atoms with Gasteiger partial charge < -0.3 is 9.11 Å². The molecule has 0 aliphatic carbocycles. The first-order chi connectivity index (χ1) is 22.2. The van der Waals surface area contributed by atoms with Crippen LogP contribution < -0.4 is 0 Å². The number of alkyl halides is 6. The maximum atomic E-state index is 10.7. The molecule has 4 aromatic rings. The molecule has 0 N–H and O–H groups in total. The van der Waals surface area contributed by atoms with Crippen LogP contribution in [-0.2, 0) is 40.7 Å². The third kappa shape index (κ3) is 25.6. The van der Waals surface area contributed by atoms with Crippen molar-refractivity contribution in [3.8, 4) is 24.3 Å². The van der Waals surface area contributed by atoms with Crippen LogP contribution in [0.25, 0.3) is 0 Å². The summed E-state index contributed by atoms with van der Waals surface area (Å²) in [6, 6.07) is 44.7. The van der Waals surface area contributed by atoms with Crippen molar-refractivity contribution in [3.63, 3.8) is 0 Å². The van der Waals surface area contributed by atoms with E-state index in [-0.39, 0.29) is 20.4 Å². The standard InChI is InChI=1S/4C7H5N.2CHF3O3S.Pd/c4*8-6-7-4-2-1-3-5-7;2*2-1(3,4)8(5,6)7;/h4*1-5H;2*(H,5,6,7);/q;;;;;;+2/p-2. The van der Waals surface area contributed by atoms with E-state index < -0.39 is 31.3 Å². The number of nitrogens with zero attached hydrogens (tertiary/aromatic N) is 4. The van der Waals surface area contributed by atoms with Gasteiger partial charge in [-0.25, -0.2) is 16.8 Å². The van der Waals surface area contributed by atoms with Crippen molar-refractivity contribution in [2.45, 2.75) is 11.0 Å². The van der Waals surface area contributed by atoms with Gasteiger partial charge in [0.2, 0.25) is 0 Å². The molecule has 0 aromatic heterocycles. The minimum Gasteiger partial charge on any atom is -0.741 e. The molecule has 0 radical (unpaired) electrons. The first kappa shape index (κ1) is 48.3. The number of rotatable bonds is 0. The largest absolute Gasteiger partial charge is 2.00 e. The predicted molar refractivity (Wildman–Crippen MR) is 156 cm³/mol. The van der Waals surface area contributed by atoms with Crippen molar-refractivity contribution >= 4 is 20.2 Å². The van der Waals surface area contributed by atoms with Crippen LogP contribution in [0.2, 0.25) is 0 Å². The molecule has 0 saturated carbocycles. The second-order valence-electron chi connectivity index (χ2n) is 7.71. The Bertz CT molecular complexity index is 1640. The first-order valence-corrected chi connectivity index (χ1v) is 14.9. The quantitative estimate of drug-likeness (QED) is 0.0833.